The molecule has 0 radical (unpaired) electrons. The standard InChI is InChI=1S/C17H24F2N2O4/c1-11-6-5-7-12(8-11)9-20-14(22)13(10-24-15(18)19)21-16(23)25-17(2,3)4/h5-8,13,15H,9-10H2,1-4H3,(H,20,22)(H,21,23)/t13-/m1/s1. The number of carbonyl (C=O) groups excluding carboxylic acids is 2. The molecule has 1 aromatic carbocycles. The van der Waals surface area contributed by atoms with Gasteiger partial charge in [0.2, 0.25) is 5.91 Å². The largest absolute Gasteiger partial charge is 0.444 e. The summed E-state index contributed by atoms with van der Waals surface area (Å²) in [4.78, 5) is 24.0. The first-order chi connectivity index (χ1) is 11.6. The first-order valence-electron chi connectivity index (χ1n) is 7.79. The first-order valence-corrected chi connectivity index (χ1v) is 7.79. The molecule has 0 aliphatic rings. The van der Waals surface area contributed by atoms with Crippen LogP contribution < -0.4 is 10.6 Å². The number of benzene rings is 1. The topological polar surface area (TPSA) is 76.7 Å². The van der Waals surface area contributed by atoms with E-state index in [1.54, 1.807) is 20.8 Å². The maximum Gasteiger partial charge on any atom is 0.408 e. The van der Waals surface area contributed by atoms with Gasteiger partial charge in [0.25, 0.3) is 0 Å². The number of amides is 2. The fourth-order valence-corrected chi connectivity index (χ4v) is 1.94. The maximum absolute atomic E-state index is 12.3. The van der Waals surface area contributed by atoms with E-state index < -0.39 is 36.9 Å². The number of rotatable bonds is 7. The van der Waals surface area contributed by atoms with Gasteiger partial charge in [0.1, 0.15) is 11.6 Å². The van der Waals surface area contributed by atoms with Crippen molar-refractivity contribution in [1.82, 2.24) is 10.6 Å². The molecule has 25 heavy (non-hydrogen) atoms. The van der Waals surface area contributed by atoms with E-state index in [9.17, 15) is 18.4 Å². The fourth-order valence-electron chi connectivity index (χ4n) is 1.94. The van der Waals surface area contributed by atoms with E-state index in [-0.39, 0.29) is 6.54 Å². The van der Waals surface area contributed by atoms with Gasteiger partial charge in [-0.3, -0.25) is 4.79 Å². The van der Waals surface area contributed by atoms with Crippen LogP contribution in [0.1, 0.15) is 31.9 Å². The summed E-state index contributed by atoms with van der Waals surface area (Å²) in [5, 5.41) is 4.83. The Labute approximate surface area is 145 Å². The van der Waals surface area contributed by atoms with Gasteiger partial charge in [0.15, 0.2) is 0 Å². The van der Waals surface area contributed by atoms with Gasteiger partial charge in [-0.25, -0.2) is 4.79 Å². The summed E-state index contributed by atoms with van der Waals surface area (Å²) in [7, 11) is 0. The molecule has 0 unspecified atom stereocenters. The van der Waals surface area contributed by atoms with Gasteiger partial charge >= 0.3 is 12.7 Å². The van der Waals surface area contributed by atoms with Crippen molar-refractivity contribution in [3.05, 3.63) is 35.4 Å². The minimum atomic E-state index is -3.05. The Morgan fingerprint density at radius 1 is 1.24 bits per heavy atom. The van der Waals surface area contributed by atoms with Crippen LogP contribution >= 0.6 is 0 Å². The van der Waals surface area contributed by atoms with Crippen LogP contribution in [0.3, 0.4) is 0 Å². The Hall–Kier alpha value is -2.22. The third-order valence-corrected chi connectivity index (χ3v) is 2.95. The van der Waals surface area contributed by atoms with Crippen molar-refractivity contribution >= 4 is 12.0 Å². The van der Waals surface area contributed by atoms with Gasteiger partial charge in [0.05, 0.1) is 6.61 Å². The average molecular weight is 358 g/mol. The van der Waals surface area contributed by atoms with Gasteiger partial charge < -0.3 is 20.1 Å². The van der Waals surface area contributed by atoms with E-state index in [2.05, 4.69) is 15.4 Å². The number of halogens is 2. The molecule has 0 heterocycles. The second-order valence-corrected chi connectivity index (χ2v) is 6.50. The summed E-state index contributed by atoms with van der Waals surface area (Å²) in [5.74, 6) is -0.645. The molecule has 0 spiro atoms. The Morgan fingerprint density at radius 3 is 2.48 bits per heavy atom. The monoisotopic (exact) mass is 358 g/mol. The van der Waals surface area contributed by atoms with E-state index in [1.807, 2.05) is 31.2 Å². The van der Waals surface area contributed by atoms with Crippen LogP contribution in [0.15, 0.2) is 24.3 Å². The van der Waals surface area contributed by atoms with Crippen molar-refractivity contribution in [2.75, 3.05) is 6.61 Å². The number of aryl methyl sites for hydroxylation is 1. The summed E-state index contributed by atoms with van der Waals surface area (Å²) < 4.78 is 33.7. The van der Waals surface area contributed by atoms with Crippen molar-refractivity contribution in [2.45, 2.75) is 52.5 Å². The van der Waals surface area contributed by atoms with Gasteiger partial charge in [-0.1, -0.05) is 29.8 Å². The van der Waals surface area contributed by atoms with E-state index >= 15 is 0 Å². The second kappa shape index (κ2) is 9.31. The SMILES string of the molecule is Cc1cccc(CNC(=O)[C@@H](COC(F)F)NC(=O)OC(C)(C)C)c1. The minimum Gasteiger partial charge on any atom is -0.444 e. The maximum atomic E-state index is 12.3. The molecular weight excluding hydrogens is 334 g/mol. The molecule has 0 bridgehead atoms. The summed E-state index contributed by atoms with van der Waals surface area (Å²) in [5.41, 5.74) is 1.09. The van der Waals surface area contributed by atoms with Crippen molar-refractivity contribution in [3.63, 3.8) is 0 Å². The molecule has 0 saturated carbocycles. The van der Waals surface area contributed by atoms with Crippen LogP contribution in [0, 0.1) is 6.92 Å². The molecule has 140 valence electrons. The van der Waals surface area contributed by atoms with Crippen LogP contribution in [0.25, 0.3) is 0 Å². The Morgan fingerprint density at radius 2 is 1.92 bits per heavy atom. The molecule has 0 aromatic heterocycles. The van der Waals surface area contributed by atoms with E-state index in [0.29, 0.717) is 0 Å². The third-order valence-electron chi connectivity index (χ3n) is 2.95. The van der Waals surface area contributed by atoms with Gasteiger partial charge in [-0.05, 0) is 33.3 Å². The molecule has 8 heteroatoms. The summed E-state index contributed by atoms with van der Waals surface area (Å²) in [6.07, 6.45) is -0.888. The molecular formula is C17H24F2N2O4. The Kier molecular flexibility index (Phi) is 7.76. The highest BCUT2D eigenvalue weighted by molar-refractivity contribution is 5.85. The van der Waals surface area contributed by atoms with Crippen molar-refractivity contribution in [1.29, 1.82) is 0 Å². The molecule has 0 aliphatic heterocycles. The normalized spacial score (nSPS) is 12.6. The minimum absolute atomic E-state index is 0.196. The quantitative estimate of drug-likeness (QED) is 0.786. The number of hydrogen-bond acceptors (Lipinski definition) is 4. The van der Waals surface area contributed by atoms with Crippen molar-refractivity contribution in [2.24, 2.45) is 0 Å². The number of hydrogen-bond donors (Lipinski definition) is 2. The number of ether oxygens (including phenoxy) is 2. The van der Waals surface area contributed by atoms with Gasteiger partial charge in [-0.15, -0.1) is 0 Å². The molecule has 2 amide bonds. The highest BCUT2D eigenvalue weighted by Crippen LogP contribution is 2.08. The zero-order valence-corrected chi connectivity index (χ0v) is 14.8. The molecule has 1 aromatic rings. The fraction of sp³-hybridized carbons (Fsp3) is 0.529. The van der Waals surface area contributed by atoms with Crippen molar-refractivity contribution in [3.8, 4) is 0 Å². The molecule has 6 nitrogen and oxygen atoms in total. The number of carbonyl (C=O) groups is 2. The molecule has 0 saturated heterocycles. The lowest BCUT2D eigenvalue weighted by Gasteiger charge is -2.23. The summed E-state index contributed by atoms with van der Waals surface area (Å²) in [6, 6.07) is 6.15. The molecule has 0 aliphatic carbocycles. The first kappa shape index (κ1) is 20.8. The highest BCUT2D eigenvalue weighted by Gasteiger charge is 2.25. The lowest BCUT2D eigenvalue weighted by atomic mass is 10.1. The van der Waals surface area contributed by atoms with Crippen molar-refractivity contribution < 1.29 is 27.8 Å². The molecule has 1 atom stereocenters. The van der Waals surface area contributed by atoms with Gasteiger partial charge in [0, 0.05) is 6.54 Å². The average Bonchev–Trinajstić information content (AvgIpc) is 2.47. The molecule has 1 rings (SSSR count). The van der Waals surface area contributed by atoms with E-state index in [4.69, 9.17) is 4.74 Å². The summed E-state index contributed by atoms with van der Waals surface area (Å²) >= 11 is 0. The van der Waals surface area contributed by atoms with Crippen LogP contribution in [0.5, 0.6) is 0 Å². The Balaban J connectivity index is 2.66. The van der Waals surface area contributed by atoms with E-state index in [1.165, 1.54) is 0 Å². The van der Waals surface area contributed by atoms with Crippen LogP contribution in [0.2, 0.25) is 0 Å². The lowest BCUT2D eigenvalue weighted by Crippen LogP contribution is -2.50. The predicted molar refractivity (Wildman–Crippen MR) is 88.1 cm³/mol. The second-order valence-electron chi connectivity index (χ2n) is 6.50. The number of nitrogens with one attached hydrogen (secondary N) is 2. The third kappa shape index (κ3) is 8.99. The number of alkyl carbamates (subject to hydrolysis) is 1. The van der Waals surface area contributed by atoms with Crippen LogP contribution in [0.4, 0.5) is 13.6 Å². The smallest absolute Gasteiger partial charge is 0.408 e. The summed E-state index contributed by atoms with van der Waals surface area (Å²) in [6.45, 7) is 3.33. The molecule has 0 fully saturated rings. The predicted octanol–water partition coefficient (Wildman–Crippen LogP) is 2.74. The van der Waals surface area contributed by atoms with E-state index in [0.717, 1.165) is 11.1 Å². The van der Waals surface area contributed by atoms with Crippen LogP contribution in [-0.2, 0) is 20.8 Å². The van der Waals surface area contributed by atoms with Crippen LogP contribution in [-0.4, -0.2) is 36.9 Å². The highest BCUT2D eigenvalue weighted by atomic mass is 19.3. The Bertz CT molecular complexity index is 588. The number of alkyl halides is 2. The van der Waals surface area contributed by atoms with Gasteiger partial charge in [-0.2, -0.15) is 8.78 Å². The zero-order chi connectivity index (χ0) is 19.0. The lowest BCUT2D eigenvalue weighted by molar-refractivity contribution is -0.143. The molecule has 2 N–H and O–H groups in total. The zero-order valence-electron chi connectivity index (χ0n) is 14.8.